The van der Waals surface area contributed by atoms with Crippen LogP contribution >= 0.6 is 0 Å². The molecule has 3 nitrogen and oxygen atoms in total. The topological polar surface area (TPSA) is 34.9 Å². The second-order valence-corrected chi connectivity index (χ2v) is 4.66. The van der Waals surface area contributed by atoms with E-state index >= 15 is 0 Å². The molecule has 0 unspecified atom stereocenters. The Bertz CT molecular complexity index is 822. The van der Waals surface area contributed by atoms with Crippen LogP contribution in [0.25, 0.3) is 22.2 Å². The van der Waals surface area contributed by atoms with Crippen LogP contribution in [-0.4, -0.2) is 15.8 Å². The minimum atomic E-state index is -0.452. The molecule has 21 heavy (non-hydrogen) atoms. The molecule has 3 aromatic rings. The summed E-state index contributed by atoms with van der Waals surface area (Å²) in [6.45, 7) is 2.44. The fraction of sp³-hybridized carbons (Fsp3) is 0.125. The Morgan fingerprint density at radius 2 is 1.90 bits per heavy atom. The Hall–Kier alpha value is -2.56. The van der Waals surface area contributed by atoms with E-state index in [1.807, 2.05) is 6.92 Å². The molecule has 0 atom stereocenters. The summed E-state index contributed by atoms with van der Waals surface area (Å²) in [4.78, 5) is 15.1. The van der Waals surface area contributed by atoms with Gasteiger partial charge >= 0.3 is 0 Å². The molecule has 0 saturated carbocycles. The molecule has 106 valence electrons. The van der Waals surface area contributed by atoms with Crippen molar-refractivity contribution in [3.63, 3.8) is 0 Å². The monoisotopic (exact) mass is 286 g/mol. The summed E-state index contributed by atoms with van der Waals surface area (Å²) in [7, 11) is 0. The van der Waals surface area contributed by atoms with Crippen LogP contribution in [0.1, 0.15) is 17.5 Å². The molecule has 0 amide bonds. The third-order valence-corrected chi connectivity index (χ3v) is 3.44. The second kappa shape index (κ2) is 5.09. The van der Waals surface area contributed by atoms with Gasteiger partial charge in [-0.1, -0.05) is 12.1 Å². The van der Waals surface area contributed by atoms with E-state index in [9.17, 15) is 13.6 Å². The standard InChI is InChI=1S/C16H12F2N2O/c1-2-20-15-7-12(10-3-5-11(17)6-4-10)13(18)8-14(15)19-16(20)9-21/h3-9H,2H2,1H3. The van der Waals surface area contributed by atoms with Gasteiger partial charge in [-0.25, -0.2) is 13.8 Å². The van der Waals surface area contributed by atoms with Gasteiger partial charge in [0.05, 0.1) is 11.0 Å². The summed E-state index contributed by atoms with van der Waals surface area (Å²) in [5.41, 5.74) is 2.05. The van der Waals surface area contributed by atoms with E-state index in [2.05, 4.69) is 4.98 Å². The average Bonchev–Trinajstić information content (AvgIpc) is 2.83. The lowest BCUT2D eigenvalue weighted by Gasteiger charge is -2.06. The molecule has 0 saturated heterocycles. The van der Waals surface area contributed by atoms with Crippen molar-refractivity contribution in [1.82, 2.24) is 9.55 Å². The van der Waals surface area contributed by atoms with Gasteiger partial charge in [-0.2, -0.15) is 0 Å². The fourth-order valence-corrected chi connectivity index (χ4v) is 2.44. The Morgan fingerprint density at radius 3 is 2.52 bits per heavy atom. The van der Waals surface area contributed by atoms with Crippen LogP contribution in [0.5, 0.6) is 0 Å². The zero-order valence-electron chi connectivity index (χ0n) is 11.3. The van der Waals surface area contributed by atoms with Crippen molar-refractivity contribution in [2.24, 2.45) is 0 Å². The molecule has 0 bridgehead atoms. The summed E-state index contributed by atoms with van der Waals surface area (Å²) in [6.07, 6.45) is 0.652. The number of hydrogen-bond acceptors (Lipinski definition) is 2. The lowest BCUT2D eigenvalue weighted by molar-refractivity contribution is 0.111. The first-order valence-electron chi connectivity index (χ1n) is 6.55. The molecule has 0 aliphatic rings. The van der Waals surface area contributed by atoms with Crippen molar-refractivity contribution < 1.29 is 13.6 Å². The summed E-state index contributed by atoms with van der Waals surface area (Å²) < 4.78 is 28.9. The third-order valence-electron chi connectivity index (χ3n) is 3.44. The molecule has 1 aromatic heterocycles. The van der Waals surface area contributed by atoms with Crippen molar-refractivity contribution in [3.05, 3.63) is 53.9 Å². The second-order valence-electron chi connectivity index (χ2n) is 4.66. The average molecular weight is 286 g/mol. The van der Waals surface area contributed by atoms with Gasteiger partial charge in [-0.3, -0.25) is 4.79 Å². The minimum absolute atomic E-state index is 0.267. The predicted octanol–water partition coefficient (Wildman–Crippen LogP) is 3.81. The predicted molar refractivity (Wildman–Crippen MR) is 76.1 cm³/mol. The van der Waals surface area contributed by atoms with Gasteiger partial charge in [0.2, 0.25) is 0 Å². The van der Waals surface area contributed by atoms with E-state index in [1.165, 1.54) is 30.3 Å². The quantitative estimate of drug-likeness (QED) is 0.686. The Labute approximate surface area is 119 Å². The van der Waals surface area contributed by atoms with Gasteiger partial charge < -0.3 is 4.57 Å². The summed E-state index contributed by atoms with van der Waals surface area (Å²) >= 11 is 0. The SMILES string of the molecule is CCn1c(C=O)nc2cc(F)c(-c3ccc(F)cc3)cc21. The summed E-state index contributed by atoms with van der Waals surface area (Å²) in [5.74, 6) is -0.558. The smallest absolute Gasteiger partial charge is 0.185 e. The number of nitrogens with zero attached hydrogens (tertiary/aromatic N) is 2. The van der Waals surface area contributed by atoms with Crippen molar-refractivity contribution in [2.75, 3.05) is 0 Å². The maximum Gasteiger partial charge on any atom is 0.185 e. The van der Waals surface area contributed by atoms with Crippen LogP contribution < -0.4 is 0 Å². The lowest BCUT2D eigenvalue weighted by Crippen LogP contribution is -2.00. The van der Waals surface area contributed by atoms with Crippen LogP contribution in [0, 0.1) is 11.6 Å². The number of rotatable bonds is 3. The number of benzene rings is 2. The zero-order valence-corrected chi connectivity index (χ0v) is 11.3. The molecule has 0 fully saturated rings. The molecule has 0 radical (unpaired) electrons. The van der Waals surface area contributed by atoms with Crippen molar-refractivity contribution in [2.45, 2.75) is 13.5 Å². The zero-order chi connectivity index (χ0) is 15.0. The molecule has 0 N–H and O–H groups in total. The van der Waals surface area contributed by atoms with E-state index in [0.717, 1.165) is 0 Å². The lowest BCUT2D eigenvalue weighted by atomic mass is 10.0. The van der Waals surface area contributed by atoms with Crippen molar-refractivity contribution in [3.8, 4) is 11.1 Å². The molecular formula is C16H12F2N2O. The number of aryl methyl sites for hydroxylation is 1. The highest BCUT2D eigenvalue weighted by molar-refractivity contribution is 5.87. The van der Waals surface area contributed by atoms with E-state index in [0.29, 0.717) is 35.0 Å². The number of aldehydes is 1. The Balaban J connectivity index is 2.26. The highest BCUT2D eigenvalue weighted by Crippen LogP contribution is 2.28. The maximum absolute atomic E-state index is 14.2. The first kappa shape index (κ1) is 13.4. The summed E-state index contributed by atoms with van der Waals surface area (Å²) in [5, 5.41) is 0. The molecule has 1 heterocycles. The number of carbonyl (C=O) groups excluding carboxylic acids is 1. The first-order valence-corrected chi connectivity index (χ1v) is 6.55. The Kier molecular flexibility index (Phi) is 3.25. The number of carbonyl (C=O) groups is 1. The number of fused-ring (bicyclic) bond motifs is 1. The van der Waals surface area contributed by atoms with Gasteiger partial charge in [0.1, 0.15) is 11.6 Å². The first-order chi connectivity index (χ1) is 10.1. The molecule has 0 aliphatic carbocycles. The number of halogens is 2. The highest BCUT2D eigenvalue weighted by atomic mass is 19.1. The van der Waals surface area contributed by atoms with Gasteiger partial charge in [0.15, 0.2) is 12.1 Å². The van der Waals surface area contributed by atoms with Crippen molar-refractivity contribution in [1.29, 1.82) is 0 Å². The van der Waals surface area contributed by atoms with Gasteiger partial charge in [0, 0.05) is 18.2 Å². The van der Waals surface area contributed by atoms with E-state index < -0.39 is 5.82 Å². The van der Waals surface area contributed by atoms with Crippen LogP contribution in [0.3, 0.4) is 0 Å². The van der Waals surface area contributed by atoms with Crippen LogP contribution in [0.2, 0.25) is 0 Å². The largest absolute Gasteiger partial charge is 0.322 e. The third kappa shape index (κ3) is 2.20. The van der Waals surface area contributed by atoms with Crippen LogP contribution in [-0.2, 0) is 6.54 Å². The normalized spacial score (nSPS) is 11.0. The number of imidazole rings is 1. The maximum atomic E-state index is 14.2. The molecular weight excluding hydrogens is 274 g/mol. The van der Waals surface area contributed by atoms with Crippen LogP contribution in [0.4, 0.5) is 8.78 Å². The van der Waals surface area contributed by atoms with Gasteiger partial charge in [-0.15, -0.1) is 0 Å². The fourth-order valence-electron chi connectivity index (χ4n) is 2.44. The molecule has 5 heteroatoms. The van der Waals surface area contributed by atoms with Crippen molar-refractivity contribution >= 4 is 17.3 Å². The molecule has 0 spiro atoms. The highest BCUT2D eigenvalue weighted by Gasteiger charge is 2.14. The van der Waals surface area contributed by atoms with E-state index in [1.54, 1.807) is 10.6 Å². The molecule has 3 rings (SSSR count). The number of aromatic nitrogens is 2. The molecule has 2 aromatic carbocycles. The van der Waals surface area contributed by atoms with Gasteiger partial charge in [-0.05, 0) is 30.7 Å². The van der Waals surface area contributed by atoms with Crippen LogP contribution in [0.15, 0.2) is 36.4 Å². The van der Waals surface area contributed by atoms with Gasteiger partial charge in [0.25, 0.3) is 0 Å². The van der Waals surface area contributed by atoms with E-state index in [4.69, 9.17) is 0 Å². The van der Waals surface area contributed by atoms with E-state index in [-0.39, 0.29) is 11.6 Å². The molecule has 0 aliphatic heterocycles. The minimum Gasteiger partial charge on any atom is -0.322 e. The Morgan fingerprint density at radius 1 is 1.19 bits per heavy atom. The summed E-state index contributed by atoms with van der Waals surface area (Å²) in [6, 6.07) is 8.55. The number of hydrogen-bond donors (Lipinski definition) is 0.